The van der Waals surface area contributed by atoms with Gasteiger partial charge < -0.3 is 15.5 Å². The molecule has 1 atom stereocenters. The Bertz CT molecular complexity index is 268. The molecular formula is C9H15NO4. The number of carbonyl (C=O) groups is 2. The first-order chi connectivity index (χ1) is 6.36. The standard InChI is InChI=1S/C9H15NO4/c1-5(11)4-10-8(12)6(2)7(3)9(13)14/h5,11H,4H2,1-3H3,(H,10,12)(H,13,14)/b7-6-. The number of carboxylic acids is 1. The number of carbonyl (C=O) groups excluding carboxylic acids is 1. The highest BCUT2D eigenvalue weighted by Gasteiger charge is 2.12. The van der Waals surface area contributed by atoms with Gasteiger partial charge in [-0.05, 0) is 20.8 Å². The third kappa shape index (κ3) is 4.04. The maximum absolute atomic E-state index is 11.2. The second kappa shape index (κ2) is 5.39. The van der Waals surface area contributed by atoms with E-state index in [1.54, 1.807) is 0 Å². The van der Waals surface area contributed by atoms with Crippen molar-refractivity contribution in [2.75, 3.05) is 6.54 Å². The molecule has 0 spiro atoms. The molecule has 0 fully saturated rings. The Balaban J connectivity index is 4.39. The fraction of sp³-hybridized carbons (Fsp3) is 0.556. The van der Waals surface area contributed by atoms with Gasteiger partial charge in [-0.15, -0.1) is 0 Å². The molecule has 0 bridgehead atoms. The van der Waals surface area contributed by atoms with Crippen LogP contribution in [0.15, 0.2) is 11.1 Å². The molecule has 3 N–H and O–H groups in total. The summed E-state index contributed by atoms with van der Waals surface area (Å²) in [7, 11) is 0. The average molecular weight is 201 g/mol. The Morgan fingerprint density at radius 2 is 1.79 bits per heavy atom. The molecule has 0 aromatic rings. The van der Waals surface area contributed by atoms with E-state index >= 15 is 0 Å². The van der Waals surface area contributed by atoms with Gasteiger partial charge in [0, 0.05) is 17.7 Å². The lowest BCUT2D eigenvalue weighted by molar-refractivity contribution is -0.133. The number of hydrogen-bond acceptors (Lipinski definition) is 3. The Morgan fingerprint density at radius 3 is 2.14 bits per heavy atom. The van der Waals surface area contributed by atoms with Crippen molar-refractivity contribution in [2.24, 2.45) is 0 Å². The Morgan fingerprint density at radius 1 is 1.29 bits per heavy atom. The van der Waals surface area contributed by atoms with Gasteiger partial charge in [0.1, 0.15) is 0 Å². The summed E-state index contributed by atoms with van der Waals surface area (Å²) in [5.41, 5.74) is 0.159. The molecular weight excluding hydrogens is 186 g/mol. The number of hydrogen-bond donors (Lipinski definition) is 3. The van der Waals surface area contributed by atoms with Crippen LogP contribution in [0.1, 0.15) is 20.8 Å². The number of nitrogens with one attached hydrogen (secondary N) is 1. The summed E-state index contributed by atoms with van der Waals surface area (Å²) in [6.45, 7) is 4.44. The molecule has 14 heavy (non-hydrogen) atoms. The monoisotopic (exact) mass is 201 g/mol. The van der Waals surface area contributed by atoms with Gasteiger partial charge in [-0.1, -0.05) is 0 Å². The number of aliphatic hydroxyl groups excluding tert-OH is 1. The van der Waals surface area contributed by atoms with Gasteiger partial charge in [0.15, 0.2) is 0 Å². The Labute approximate surface area is 82.4 Å². The lowest BCUT2D eigenvalue weighted by Gasteiger charge is -2.08. The van der Waals surface area contributed by atoms with Crippen LogP contribution in [0.25, 0.3) is 0 Å². The molecule has 80 valence electrons. The summed E-state index contributed by atoms with van der Waals surface area (Å²) in [6, 6.07) is 0. The van der Waals surface area contributed by atoms with Crippen LogP contribution in [-0.4, -0.2) is 34.7 Å². The molecule has 0 rings (SSSR count). The smallest absolute Gasteiger partial charge is 0.331 e. The summed E-state index contributed by atoms with van der Waals surface area (Å²) in [4.78, 5) is 21.7. The first kappa shape index (κ1) is 12.6. The Kier molecular flexibility index (Phi) is 4.86. The van der Waals surface area contributed by atoms with Crippen LogP contribution in [0, 0.1) is 0 Å². The van der Waals surface area contributed by atoms with E-state index < -0.39 is 18.0 Å². The minimum atomic E-state index is -1.12. The summed E-state index contributed by atoms with van der Waals surface area (Å²) < 4.78 is 0. The van der Waals surface area contributed by atoms with Crippen molar-refractivity contribution in [2.45, 2.75) is 26.9 Å². The molecule has 1 amide bonds. The molecule has 0 aliphatic carbocycles. The quantitative estimate of drug-likeness (QED) is 0.554. The van der Waals surface area contributed by atoms with E-state index in [1.807, 2.05) is 0 Å². The van der Waals surface area contributed by atoms with Gasteiger partial charge in [0.25, 0.3) is 0 Å². The number of rotatable bonds is 4. The highest BCUT2D eigenvalue weighted by molar-refractivity contribution is 6.01. The Hall–Kier alpha value is -1.36. The zero-order chi connectivity index (χ0) is 11.3. The van der Waals surface area contributed by atoms with E-state index in [1.165, 1.54) is 20.8 Å². The summed E-state index contributed by atoms with van der Waals surface area (Å²) in [5, 5.41) is 19.9. The third-order valence-corrected chi connectivity index (χ3v) is 1.78. The molecule has 5 nitrogen and oxygen atoms in total. The second-order valence-corrected chi connectivity index (χ2v) is 3.11. The summed E-state index contributed by atoms with van der Waals surface area (Å²) in [5.74, 6) is -1.58. The van der Waals surface area contributed by atoms with Gasteiger partial charge in [-0.3, -0.25) is 4.79 Å². The minimum absolute atomic E-state index is 0.00749. The summed E-state index contributed by atoms with van der Waals surface area (Å²) in [6.07, 6.45) is -0.642. The van der Waals surface area contributed by atoms with Crippen LogP contribution in [0.5, 0.6) is 0 Å². The highest BCUT2D eigenvalue weighted by Crippen LogP contribution is 2.03. The van der Waals surface area contributed by atoms with Crippen molar-refractivity contribution in [3.63, 3.8) is 0 Å². The van der Waals surface area contributed by atoms with Crippen LogP contribution in [0.3, 0.4) is 0 Å². The highest BCUT2D eigenvalue weighted by atomic mass is 16.4. The van der Waals surface area contributed by atoms with Gasteiger partial charge >= 0.3 is 5.97 Å². The predicted molar refractivity (Wildman–Crippen MR) is 50.7 cm³/mol. The second-order valence-electron chi connectivity index (χ2n) is 3.11. The van der Waals surface area contributed by atoms with Crippen LogP contribution >= 0.6 is 0 Å². The van der Waals surface area contributed by atoms with Crippen molar-refractivity contribution in [3.8, 4) is 0 Å². The molecule has 1 unspecified atom stereocenters. The molecule has 0 aliphatic rings. The maximum Gasteiger partial charge on any atom is 0.331 e. The normalized spacial score (nSPS) is 14.3. The van der Waals surface area contributed by atoms with Gasteiger partial charge in [0.2, 0.25) is 5.91 Å². The van der Waals surface area contributed by atoms with Crippen LogP contribution in [-0.2, 0) is 9.59 Å². The zero-order valence-electron chi connectivity index (χ0n) is 8.50. The van der Waals surface area contributed by atoms with E-state index in [0.717, 1.165) is 0 Å². The molecule has 0 aliphatic heterocycles. The van der Waals surface area contributed by atoms with Crippen molar-refractivity contribution in [1.29, 1.82) is 0 Å². The summed E-state index contributed by atoms with van der Waals surface area (Å²) >= 11 is 0. The molecule has 0 aromatic heterocycles. The van der Waals surface area contributed by atoms with Crippen LogP contribution < -0.4 is 5.32 Å². The van der Waals surface area contributed by atoms with E-state index in [9.17, 15) is 9.59 Å². The van der Waals surface area contributed by atoms with Crippen molar-refractivity contribution < 1.29 is 19.8 Å². The fourth-order valence-corrected chi connectivity index (χ4v) is 0.704. The first-order valence-corrected chi connectivity index (χ1v) is 4.23. The number of amides is 1. The molecule has 0 radical (unpaired) electrons. The van der Waals surface area contributed by atoms with Crippen LogP contribution in [0.2, 0.25) is 0 Å². The van der Waals surface area contributed by atoms with E-state index in [4.69, 9.17) is 10.2 Å². The van der Waals surface area contributed by atoms with Crippen molar-refractivity contribution in [3.05, 3.63) is 11.1 Å². The number of aliphatic hydroxyl groups is 1. The average Bonchev–Trinajstić information content (AvgIpc) is 2.11. The van der Waals surface area contributed by atoms with Gasteiger partial charge in [-0.2, -0.15) is 0 Å². The lowest BCUT2D eigenvalue weighted by atomic mass is 10.1. The van der Waals surface area contributed by atoms with E-state index in [-0.39, 0.29) is 17.7 Å². The largest absolute Gasteiger partial charge is 0.478 e. The molecule has 5 heteroatoms. The van der Waals surface area contributed by atoms with Gasteiger partial charge in [-0.25, -0.2) is 4.79 Å². The van der Waals surface area contributed by atoms with Crippen molar-refractivity contribution in [1.82, 2.24) is 5.32 Å². The predicted octanol–water partition coefficient (Wildman–Crippen LogP) is -0.0956. The SMILES string of the molecule is C/C(C(=O)O)=C(\C)C(=O)NCC(C)O. The molecule has 0 heterocycles. The van der Waals surface area contributed by atoms with Crippen LogP contribution in [0.4, 0.5) is 0 Å². The first-order valence-electron chi connectivity index (χ1n) is 4.23. The number of carboxylic acid groups (broad SMARTS) is 1. The van der Waals surface area contributed by atoms with E-state index in [0.29, 0.717) is 0 Å². The minimum Gasteiger partial charge on any atom is -0.478 e. The van der Waals surface area contributed by atoms with Crippen molar-refractivity contribution >= 4 is 11.9 Å². The van der Waals surface area contributed by atoms with E-state index in [2.05, 4.69) is 5.32 Å². The lowest BCUT2D eigenvalue weighted by Crippen LogP contribution is -2.31. The number of aliphatic carboxylic acids is 1. The molecule has 0 saturated heterocycles. The fourth-order valence-electron chi connectivity index (χ4n) is 0.704. The molecule has 0 saturated carbocycles. The zero-order valence-corrected chi connectivity index (χ0v) is 8.50. The maximum atomic E-state index is 11.2. The third-order valence-electron chi connectivity index (χ3n) is 1.78. The molecule has 0 aromatic carbocycles. The topological polar surface area (TPSA) is 86.6 Å². The van der Waals surface area contributed by atoms with Gasteiger partial charge in [0.05, 0.1) is 6.10 Å².